The van der Waals surface area contributed by atoms with E-state index in [1.807, 2.05) is 30.1 Å². The van der Waals surface area contributed by atoms with E-state index in [9.17, 15) is 9.36 Å². The molecule has 12 heteroatoms. The van der Waals surface area contributed by atoms with Crippen LogP contribution in [0.5, 0.6) is 0 Å². The van der Waals surface area contributed by atoms with Crippen LogP contribution in [0.2, 0.25) is 10.0 Å². The van der Waals surface area contributed by atoms with Gasteiger partial charge in [0.25, 0.3) is 5.91 Å². The number of piperidine rings is 1. The number of nitrogens with zero attached hydrogens (tertiary/aromatic N) is 3. The number of amides is 1. The van der Waals surface area contributed by atoms with E-state index in [2.05, 4.69) is 10.7 Å². The average molecular weight is 566 g/mol. The lowest BCUT2D eigenvalue weighted by atomic mass is 10.1. The zero-order valence-electron chi connectivity index (χ0n) is 20.5. The van der Waals surface area contributed by atoms with Gasteiger partial charge < -0.3 is 15.1 Å². The summed E-state index contributed by atoms with van der Waals surface area (Å²) in [6, 6.07) is 12.7. The molecule has 1 amide bonds. The maximum atomic E-state index is 13.2. The monoisotopic (exact) mass is 565 g/mol. The van der Waals surface area contributed by atoms with Crippen LogP contribution >= 0.6 is 30.8 Å². The molecule has 1 saturated heterocycles. The van der Waals surface area contributed by atoms with Crippen molar-refractivity contribution >= 4 is 42.4 Å². The third-order valence-electron chi connectivity index (χ3n) is 6.20. The molecular weight excluding hydrogens is 536 g/mol. The molecule has 3 aromatic rings. The van der Waals surface area contributed by atoms with Gasteiger partial charge in [-0.05, 0) is 56.5 Å². The zero-order valence-corrected chi connectivity index (χ0v) is 22.9. The molecule has 0 spiro atoms. The fourth-order valence-corrected chi connectivity index (χ4v) is 5.30. The highest BCUT2D eigenvalue weighted by Gasteiger charge is 2.25. The maximum absolute atomic E-state index is 13.2. The first kappa shape index (κ1) is 27.6. The molecule has 2 aromatic carbocycles. The molecule has 4 N–H and O–H groups in total. The highest BCUT2D eigenvalue weighted by atomic mass is 35.5. The Hall–Kier alpha value is -2.39. The quantitative estimate of drug-likeness (QED) is 0.206. The van der Waals surface area contributed by atoms with Crippen molar-refractivity contribution < 1.29 is 19.1 Å². The normalized spacial score (nSPS) is 14.5. The van der Waals surface area contributed by atoms with Crippen molar-refractivity contribution in [3.8, 4) is 16.9 Å². The fourth-order valence-electron chi connectivity index (χ4n) is 4.34. The van der Waals surface area contributed by atoms with E-state index >= 15 is 0 Å². The van der Waals surface area contributed by atoms with Gasteiger partial charge in [0.15, 0.2) is 5.69 Å². The Morgan fingerprint density at radius 3 is 2.43 bits per heavy atom. The van der Waals surface area contributed by atoms with Gasteiger partial charge in [0.05, 0.1) is 22.6 Å². The molecule has 9 nitrogen and oxygen atoms in total. The van der Waals surface area contributed by atoms with Gasteiger partial charge in [0.1, 0.15) is 0 Å². The highest BCUT2D eigenvalue weighted by Crippen LogP contribution is 2.35. The molecule has 0 radical (unpaired) electrons. The summed E-state index contributed by atoms with van der Waals surface area (Å²) >= 11 is 12.8. The minimum atomic E-state index is -4.03. The van der Waals surface area contributed by atoms with E-state index < -0.39 is 7.60 Å². The number of nitrogens with one attached hydrogen (secondary N) is 2. The Labute approximate surface area is 225 Å². The van der Waals surface area contributed by atoms with Gasteiger partial charge in [-0.2, -0.15) is 5.10 Å². The van der Waals surface area contributed by atoms with Crippen LogP contribution in [0.25, 0.3) is 16.9 Å². The lowest BCUT2D eigenvalue weighted by Gasteiger charge is -2.26. The summed E-state index contributed by atoms with van der Waals surface area (Å²) in [5.41, 5.74) is 6.88. The Kier molecular flexibility index (Phi) is 8.95. The lowest BCUT2D eigenvalue weighted by Crippen LogP contribution is -2.45. The van der Waals surface area contributed by atoms with Crippen LogP contribution in [-0.2, 0) is 4.57 Å². The van der Waals surface area contributed by atoms with Gasteiger partial charge in [-0.1, -0.05) is 41.8 Å². The highest BCUT2D eigenvalue weighted by molar-refractivity contribution is 7.51. The number of benzene rings is 2. The number of halogens is 2. The van der Waals surface area contributed by atoms with E-state index in [0.717, 1.165) is 43.6 Å². The Bertz CT molecular complexity index is 1300. The number of rotatable bonds is 9. The molecular formula is C25H30Cl2N5O4P. The maximum Gasteiger partial charge on any atom is 0.325 e. The summed E-state index contributed by atoms with van der Waals surface area (Å²) in [4.78, 5) is 31.3. The van der Waals surface area contributed by atoms with Crippen molar-refractivity contribution in [2.45, 2.75) is 32.6 Å². The molecule has 198 valence electrons. The van der Waals surface area contributed by atoms with Crippen molar-refractivity contribution in [1.29, 1.82) is 0 Å². The minimum Gasteiger partial charge on any atom is -0.385 e. The predicted octanol–water partition coefficient (Wildman–Crippen LogP) is 5.26. The summed E-state index contributed by atoms with van der Waals surface area (Å²) in [6.45, 7) is 3.87. The first-order valence-electron chi connectivity index (χ1n) is 12.1. The standard InChI is InChI=1S/C25H30Cl2N5O4P/c1-17-23(25(33)30-31-13-3-2-4-14-31)29-32(24(17)18-6-8-19(26)9-7-18)22-11-10-20(16-21(22)27)28-12-5-15-37(34,35)36/h6-11,16,28H,2-5,12-15H2,1H3,(H,30,33)(H2,34,35,36). The van der Waals surface area contributed by atoms with Crippen LogP contribution in [0.1, 0.15) is 41.7 Å². The number of aromatic nitrogens is 2. The molecule has 0 unspecified atom stereocenters. The first-order valence-corrected chi connectivity index (χ1v) is 14.7. The number of carbonyl (C=O) groups is 1. The number of hydrazine groups is 1. The average Bonchev–Trinajstić information content (AvgIpc) is 3.19. The molecule has 37 heavy (non-hydrogen) atoms. The molecule has 1 aliphatic rings. The molecule has 0 saturated carbocycles. The van der Waals surface area contributed by atoms with Gasteiger partial charge in [0, 0.05) is 41.5 Å². The predicted molar refractivity (Wildman–Crippen MR) is 147 cm³/mol. The molecule has 1 aliphatic heterocycles. The number of hydrogen-bond donors (Lipinski definition) is 4. The van der Waals surface area contributed by atoms with Crippen molar-refractivity contribution in [3.05, 3.63) is 63.8 Å². The Morgan fingerprint density at radius 1 is 1.08 bits per heavy atom. The molecule has 1 fully saturated rings. The van der Waals surface area contributed by atoms with E-state index in [-0.39, 0.29) is 12.1 Å². The molecule has 0 aliphatic carbocycles. The van der Waals surface area contributed by atoms with Crippen LogP contribution in [0.4, 0.5) is 5.69 Å². The third-order valence-corrected chi connectivity index (χ3v) is 7.66. The van der Waals surface area contributed by atoms with Crippen LogP contribution < -0.4 is 10.7 Å². The number of carbonyl (C=O) groups excluding carboxylic acids is 1. The third kappa shape index (κ3) is 7.13. The molecule has 2 heterocycles. The van der Waals surface area contributed by atoms with Gasteiger partial charge in [-0.15, -0.1) is 0 Å². The van der Waals surface area contributed by atoms with Crippen molar-refractivity contribution in [1.82, 2.24) is 20.2 Å². The summed E-state index contributed by atoms with van der Waals surface area (Å²) < 4.78 is 12.7. The Balaban J connectivity index is 1.65. The smallest absolute Gasteiger partial charge is 0.325 e. The van der Waals surface area contributed by atoms with E-state index in [4.69, 9.17) is 38.1 Å². The van der Waals surface area contributed by atoms with Crippen LogP contribution in [0.15, 0.2) is 42.5 Å². The second-order valence-electron chi connectivity index (χ2n) is 9.06. The number of hydrogen-bond acceptors (Lipinski definition) is 5. The van der Waals surface area contributed by atoms with Crippen LogP contribution in [-0.4, -0.2) is 56.3 Å². The minimum absolute atomic E-state index is 0.189. The summed E-state index contributed by atoms with van der Waals surface area (Å²) in [7, 11) is -4.03. The summed E-state index contributed by atoms with van der Waals surface area (Å²) in [5, 5.41) is 10.8. The summed E-state index contributed by atoms with van der Waals surface area (Å²) in [5.74, 6) is -0.271. The molecule has 0 bridgehead atoms. The molecule has 1 aromatic heterocycles. The summed E-state index contributed by atoms with van der Waals surface area (Å²) in [6.07, 6.45) is 3.37. The van der Waals surface area contributed by atoms with Crippen LogP contribution in [0.3, 0.4) is 0 Å². The van der Waals surface area contributed by atoms with Gasteiger partial charge in [-0.25, -0.2) is 9.69 Å². The molecule has 4 rings (SSSR count). The van der Waals surface area contributed by atoms with Gasteiger partial charge in [-0.3, -0.25) is 14.8 Å². The lowest BCUT2D eigenvalue weighted by molar-refractivity contribution is 0.0743. The van der Waals surface area contributed by atoms with Crippen LogP contribution in [0, 0.1) is 6.92 Å². The second-order valence-corrected chi connectivity index (χ2v) is 11.7. The van der Waals surface area contributed by atoms with Crippen molar-refractivity contribution in [2.75, 3.05) is 31.1 Å². The fraction of sp³-hybridized carbons (Fsp3) is 0.360. The van der Waals surface area contributed by atoms with Gasteiger partial charge in [0.2, 0.25) is 0 Å². The Morgan fingerprint density at radius 2 is 1.78 bits per heavy atom. The SMILES string of the molecule is Cc1c(C(=O)NN2CCCCC2)nn(-c2ccc(NCCCP(=O)(O)O)cc2Cl)c1-c1ccc(Cl)cc1. The van der Waals surface area contributed by atoms with Crippen molar-refractivity contribution in [3.63, 3.8) is 0 Å². The van der Waals surface area contributed by atoms with E-state index in [1.54, 1.807) is 28.9 Å². The van der Waals surface area contributed by atoms with Gasteiger partial charge >= 0.3 is 7.60 Å². The van der Waals surface area contributed by atoms with Crippen molar-refractivity contribution in [2.24, 2.45) is 0 Å². The topological polar surface area (TPSA) is 120 Å². The second kappa shape index (κ2) is 12.0. The molecule has 0 atom stereocenters. The first-order chi connectivity index (χ1) is 17.6. The van der Waals surface area contributed by atoms with E-state index in [0.29, 0.717) is 45.6 Å². The zero-order chi connectivity index (χ0) is 26.6. The largest absolute Gasteiger partial charge is 0.385 e. The number of anilines is 1. The van der Waals surface area contributed by atoms with E-state index in [1.165, 1.54) is 0 Å².